The average molecular weight is 298 g/mol. The molecule has 8 heteroatoms. The van der Waals surface area contributed by atoms with Crippen molar-refractivity contribution in [1.29, 1.82) is 0 Å². The quantitative estimate of drug-likeness (QED) is 0.590. The molecule has 2 N–H and O–H groups in total. The van der Waals surface area contributed by atoms with E-state index in [0.717, 1.165) is 18.2 Å². The molecule has 7 nitrogen and oxygen atoms in total. The highest BCUT2D eigenvalue weighted by atomic mass is 19.1. The third-order valence-corrected chi connectivity index (χ3v) is 2.82. The van der Waals surface area contributed by atoms with E-state index in [0.29, 0.717) is 6.42 Å². The largest absolute Gasteiger partial charge is 0.481 e. The van der Waals surface area contributed by atoms with Crippen LogP contribution < -0.4 is 5.32 Å². The van der Waals surface area contributed by atoms with Gasteiger partial charge in [0.25, 0.3) is 11.6 Å². The van der Waals surface area contributed by atoms with Gasteiger partial charge >= 0.3 is 5.97 Å². The molecule has 1 unspecified atom stereocenters. The zero-order valence-electron chi connectivity index (χ0n) is 11.3. The van der Waals surface area contributed by atoms with Crippen molar-refractivity contribution in [2.24, 2.45) is 5.92 Å². The number of rotatable bonds is 7. The van der Waals surface area contributed by atoms with Crippen LogP contribution in [0.5, 0.6) is 0 Å². The Morgan fingerprint density at radius 2 is 2.10 bits per heavy atom. The van der Waals surface area contributed by atoms with Crippen molar-refractivity contribution in [3.05, 3.63) is 39.7 Å². The molecule has 0 radical (unpaired) electrons. The van der Waals surface area contributed by atoms with Gasteiger partial charge in [0.1, 0.15) is 5.82 Å². The van der Waals surface area contributed by atoms with E-state index >= 15 is 0 Å². The summed E-state index contributed by atoms with van der Waals surface area (Å²) in [6, 6.07) is 2.62. The number of carbonyl (C=O) groups is 2. The molecule has 1 atom stereocenters. The van der Waals surface area contributed by atoms with Crippen LogP contribution in [0, 0.1) is 21.8 Å². The summed E-state index contributed by atoms with van der Waals surface area (Å²) in [5, 5.41) is 21.6. The van der Waals surface area contributed by atoms with Crippen LogP contribution in [0.2, 0.25) is 0 Å². The summed E-state index contributed by atoms with van der Waals surface area (Å²) in [5.41, 5.74) is -0.647. The number of hydrogen-bond acceptors (Lipinski definition) is 4. The third kappa shape index (κ3) is 5.55. The van der Waals surface area contributed by atoms with Crippen molar-refractivity contribution in [3.63, 3.8) is 0 Å². The number of carbonyl (C=O) groups excluding carboxylic acids is 1. The fourth-order valence-corrected chi connectivity index (χ4v) is 1.65. The molecule has 0 aliphatic heterocycles. The molecule has 114 valence electrons. The first-order valence-corrected chi connectivity index (χ1v) is 6.24. The van der Waals surface area contributed by atoms with Gasteiger partial charge in [0.15, 0.2) is 0 Å². The monoisotopic (exact) mass is 298 g/mol. The lowest BCUT2D eigenvalue weighted by molar-refractivity contribution is -0.385. The number of non-ortho nitro benzene ring substituents is 1. The van der Waals surface area contributed by atoms with Gasteiger partial charge in [-0.2, -0.15) is 0 Å². The second-order valence-electron chi connectivity index (χ2n) is 4.70. The predicted octanol–water partition coefficient (Wildman–Crippen LogP) is 1.96. The molecule has 0 saturated heterocycles. The van der Waals surface area contributed by atoms with Crippen molar-refractivity contribution >= 4 is 17.6 Å². The van der Waals surface area contributed by atoms with Crippen molar-refractivity contribution in [2.45, 2.75) is 19.8 Å². The Bertz CT molecular complexity index is 561. The maximum atomic E-state index is 13.2. The Labute approximate surface area is 119 Å². The number of carboxylic acid groups (broad SMARTS) is 1. The standard InChI is InChI=1S/C13H15FN2O5/c1-8(2-3-12(17)18)7-15-13(19)9-4-10(14)6-11(5-9)16(20)21/h4-6,8H,2-3,7H2,1H3,(H,15,19)(H,17,18). The average Bonchev–Trinajstić information content (AvgIpc) is 2.41. The molecule has 0 fully saturated rings. The summed E-state index contributed by atoms with van der Waals surface area (Å²) in [7, 11) is 0. The van der Waals surface area contributed by atoms with Crippen molar-refractivity contribution in [2.75, 3.05) is 6.54 Å². The highest BCUT2D eigenvalue weighted by Crippen LogP contribution is 2.16. The van der Waals surface area contributed by atoms with Gasteiger partial charge in [-0.25, -0.2) is 4.39 Å². The van der Waals surface area contributed by atoms with E-state index in [1.165, 1.54) is 0 Å². The van der Waals surface area contributed by atoms with Gasteiger partial charge in [0.05, 0.1) is 11.0 Å². The minimum Gasteiger partial charge on any atom is -0.481 e. The molecule has 1 rings (SSSR count). The zero-order valence-corrected chi connectivity index (χ0v) is 11.3. The van der Waals surface area contributed by atoms with Gasteiger partial charge in [0.2, 0.25) is 0 Å². The van der Waals surface area contributed by atoms with E-state index in [4.69, 9.17) is 5.11 Å². The van der Waals surface area contributed by atoms with Crippen LogP contribution in [0.25, 0.3) is 0 Å². The zero-order chi connectivity index (χ0) is 16.0. The summed E-state index contributed by atoms with van der Waals surface area (Å²) in [6.45, 7) is 1.97. The van der Waals surface area contributed by atoms with Gasteiger partial charge < -0.3 is 10.4 Å². The third-order valence-electron chi connectivity index (χ3n) is 2.82. The van der Waals surface area contributed by atoms with Gasteiger partial charge in [-0.3, -0.25) is 19.7 Å². The molecule has 0 saturated carbocycles. The van der Waals surface area contributed by atoms with Crippen molar-refractivity contribution in [3.8, 4) is 0 Å². The van der Waals surface area contributed by atoms with Crippen LogP contribution in [-0.4, -0.2) is 28.5 Å². The number of halogens is 1. The minimum atomic E-state index is -0.922. The van der Waals surface area contributed by atoms with Gasteiger partial charge in [-0.15, -0.1) is 0 Å². The fraction of sp³-hybridized carbons (Fsp3) is 0.385. The number of amides is 1. The van der Waals surface area contributed by atoms with Gasteiger partial charge in [-0.1, -0.05) is 6.92 Å². The van der Waals surface area contributed by atoms with Gasteiger partial charge in [-0.05, 0) is 18.4 Å². The van der Waals surface area contributed by atoms with Crippen LogP contribution in [0.3, 0.4) is 0 Å². The number of nitrogens with zero attached hydrogens (tertiary/aromatic N) is 1. The minimum absolute atomic E-state index is 0.0114. The number of nitrogens with one attached hydrogen (secondary N) is 1. The summed E-state index contributed by atoms with van der Waals surface area (Å²) in [4.78, 5) is 32.0. The molecule has 0 aromatic heterocycles. The van der Waals surface area contributed by atoms with E-state index in [9.17, 15) is 24.1 Å². The number of aliphatic carboxylic acids is 1. The van der Waals surface area contributed by atoms with E-state index in [-0.39, 0.29) is 24.4 Å². The second kappa shape index (κ2) is 7.32. The number of nitro benzene ring substituents is 1. The molecular formula is C13H15FN2O5. The van der Waals surface area contributed by atoms with E-state index < -0.39 is 28.3 Å². The van der Waals surface area contributed by atoms with Crippen LogP contribution in [-0.2, 0) is 4.79 Å². The first kappa shape index (κ1) is 16.5. The number of carboxylic acids is 1. The molecule has 0 aliphatic carbocycles. The maximum Gasteiger partial charge on any atom is 0.303 e. The molecule has 21 heavy (non-hydrogen) atoms. The van der Waals surface area contributed by atoms with E-state index in [2.05, 4.69) is 5.32 Å². The highest BCUT2D eigenvalue weighted by molar-refractivity contribution is 5.94. The summed E-state index contributed by atoms with van der Waals surface area (Å²) in [6.07, 6.45) is 0.376. The summed E-state index contributed by atoms with van der Waals surface area (Å²) >= 11 is 0. The molecular weight excluding hydrogens is 283 g/mol. The molecule has 1 aromatic rings. The fourth-order valence-electron chi connectivity index (χ4n) is 1.65. The lowest BCUT2D eigenvalue weighted by Gasteiger charge is -2.11. The number of hydrogen-bond donors (Lipinski definition) is 2. The maximum absolute atomic E-state index is 13.2. The Morgan fingerprint density at radius 3 is 2.67 bits per heavy atom. The lowest BCUT2D eigenvalue weighted by atomic mass is 10.1. The Morgan fingerprint density at radius 1 is 1.43 bits per heavy atom. The van der Waals surface area contributed by atoms with Crippen LogP contribution in [0.1, 0.15) is 30.1 Å². The predicted molar refractivity (Wildman–Crippen MR) is 71.4 cm³/mol. The Balaban J connectivity index is 2.63. The summed E-state index contributed by atoms with van der Waals surface area (Å²) in [5.74, 6) is -2.50. The number of nitro groups is 1. The van der Waals surface area contributed by atoms with Gasteiger partial charge in [0, 0.05) is 24.6 Å². The number of benzene rings is 1. The lowest BCUT2D eigenvalue weighted by Crippen LogP contribution is -2.28. The highest BCUT2D eigenvalue weighted by Gasteiger charge is 2.15. The Kier molecular flexibility index (Phi) is 5.77. The summed E-state index contributed by atoms with van der Waals surface area (Å²) < 4.78 is 13.2. The topological polar surface area (TPSA) is 110 Å². The van der Waals surface area contributed by atoms with Crippen LogP contribution in [0.15, 0.2) is 18.2 Å². The first-order valence-electron chi connectivity index (χ1n) is 6.24. The molecule has 1 amide bonds. The second-order valence-corrected chi connectivity index (χ2v) is 4.70. The van der Waals surface area contributed by atoms with E-state index in [1.807, 2.05) is 0 Å². The van der Waals surface area contributed by atoms with Crippen molar-refractivity contribution in [1.82, 2.24) is 5.32 Å². The smallest absolute Gasteiger partial charge is 0.303 e. The molecule has 0 bridgehead atoms. The first-order chi connectivity index (χ1) is 9.79. The normalized spacial score (nSPS) is 11.7. The van der Waals surface area contributed by atoms with Crippen LogP contribution >= 0.6 is 0 Å². The molecule has 0 heterocycles. The molecule has 1 aromatic carbocycles. The molecule has 0 spiro atoms. The molecule has 0 aliphatic rings. The Hall–Kier alpha value is -2.51. The SMILES string of the molecule is CC(CCC(=O)O)CNC(=O)c1cc(F)cc([N+](=O)[O-])c1. The van der Waals surface area contributed by atoms with E-state index in [1.54, 1.807) is 6.92 Å². The van der Waals surface area contributed by atoms with Crippen LogP contribution in [0.4, 0.5) is 10.1 Å². The van der Waals surface area contributed by atoms with Crippen molar-refractivity contribution < 1.29 is 24.0 Å².